The highest BCUT2D eigenvalue weighted by molar-refractivity contribution is 14.1. The molecule has 7 nitrogen and oxygen atoms in total. The molecule has 8 heteroatoms. The molecule has 0 saturated heterocycles. The van der Waals surface area contributed by atoms with E-state index in [2.05, 4.69) is 27.6 Å². The predicted octanol–water partition coefficient (Wildman–Crippen LogP) is 0.921. The Morgan fingerprint density at radius 3 is 2.43 bits per heavy atom. The number of carbonyl (C=O) groups excluding carboxylic acids is 1. The molecule has 0 atom stereocenters. The predicted molar refractivity (Wildman–Crippen MR) is 93.7 cm³/mol. The van der Waals surface area contributed by atoms with Crippen LogP contribution in [0, 0.1) is 3.57 Å². The second kappa shape index (κ2) is 5.76. The van der Waals surface area contributed by atoms with Crippen LogP contribution in [0.5, 0.6) is 0 Å². The zero-order valence-electron chi connectivity index (χ0n) is 12.5. The monoisotopic (exact) mass is 424 g/mol. The standard InChI is InChI=1S/C15H13IN4O3/c1-18-13-12(14(22)19(2)15(18)23)20(8-17-13)7-11(21)9-3-5-10(16)6-4-9/h3-6,8H,7H2,1-2H3. The van der Waals surface area contributed by atoms with Crippen LogP contribution < -0.4 is 11.2 Å². The largest absolute Gasteiger partial charge is 0.332 e. The first-order valence-corrected chi connectivity index (χ1v) is 7.87. The molecule has 0 N–H and O–H groups in total. The van der Waals surface area contributed by atoms with Crippen LogP contribution in [0.2, 0.25) is 0 Å². The molecule has 0 unspecified atom stereocenters. The lowest BCUT2D eigenvalue weighted by atomic mass is 10.1. The van der Waals surface area contributed by atoms with E-state index in [4.69, 9.17) is 0 Å². The van der Waals surface area contributed by atoms with Crippen molar-refractivity contribution in [3.8, 4) is 0 Å². The molecule has 2 aromatic heterocycles. The van der Waals surface area contributed by atoms with Gasteiger partial charge in [-0.1, -0.05) is 12.1 Å². The summed E-state index contributed by atoms with van der Waals surface area (Å²) in [5.41, 5.74) is 0.170. The topological polar surface area (TPSA) is 78.9 Å². The molecule has 0 aliphatic carbocycles. The highest BCUT2D eigenvalue weighted by Gasteiger charge is 2.16. The van der Waals surface area contributed by atoms with Crippen molar-refractivity contribution in [3.63, 3.8) is 0 Å². The van der Waals surface area contributed by atoms with Gasteiger partial charge in [-0.2, -0.15) is 0 Å². The van der Waals surface area contributed by atoms with Crippen LogP contribution in [0.3, 0.4) is 0 Å². The lowest BCUT2D eigenvalue weighted by Gasteiger charge is -2.06. The van der Waals surface area contributed by atoms with Crippen LogP contribution in [-0.2, 0) is 20.6 Å². The maximum Gasteiger partial charge on any atom is 0.332 e. The van der Waals surface area contributed by atoms with Gasteiger partial charge < -0.3 is 4.57 Å². The Bertz CT molecular complexity index is 1030. The van der Waals surface area contributed by atoms with Crippen molar-refractivity contribution in [2.24, 2.45) is 14.1 Å². The number of hydrogen-bond acceptors (Lipinski definition) is 4. The lowest BCUT2D eigenvalue weighted by Crippen LogP contribution is -2.37. The van der Waals surface area contributed by atoms with Gasteiger partial charge >= 0.3 is 5.69 Å². The second-order valence-electron chi connectivity index (χ2n) is 5.18. The van der Waals surface area contributed by atoms with Crippen molar-refractivity contribution >= 4 is 39.5 Å². The molecule has 0 spiro atoms. The summed E-state index contributed by atoms with van der Waals surface area (Å²) in [4.78, 5) is 40.7. The highest BCUT2D eigenvalue weighted by atomic mass is 127. The third-order valence-corrected chi connectivity index (χ3v) is 4.42. The first-order valence-electron chi connectivity index (χ1n) is 6.79. The van der Waals surface area contributed by atoms with Gasteiger partial charge in [0.05, 0.1) is 12.9 Å². The molecule has 3 rings (SSSR count). The second-order valence-corrected chi connectivity index (χ2v) is 6.43. The van der Waals surface area contributed by atoms with Crippen molar-refractivity contribution in [2.45, 2.75) is 6.54 Å². The van der Waals surface area contributed by atoms with Gasteiger partial charge in [0.1, 0.15) is 0 Å². The van der Waals surface area contributed by atoms with Gasteiger partial charge in [-0.15, -0.1) is 0 Å². The number of rotatable bonds is 3. The third-order valence-electron chi connectivity index (χ3n) is 3.70. The average Bonchev–Trinajstić information content (AvgIpc) is 2.95. The van der Waals surface area contributed by atoms with E-state index in [0.717, 1.165) is 8.14 Å². The molecular formula is C15H13IN4O3. The Kier molecular flexibility index (Phi) is 3.92. The molecular weight excluding hydrogens is 411 g/mol. The summed E-state index contributed by atoms with van der Waals surface area (Å²) in [6.07, 6.45) is 1.41. The number of carbonyl (C=O) groups is 1. The van der Waals surface area contributed by atoms with E-state index >= 15 is 0 Å². The van der Waals surface area contributed by atoms with E-state index < -0.39 is 11.2 Å². The van der Waals surface area contributed by atoms with Crippen LogP contribution in [0.15, 0.2) is 40.2 Å². The minimum absolute atomic E-state index is 0.00939. The molecule has 118 valence electrons. The summed E-state index contributed by atoms with van der Waals surface area (Å²) >= 11 is 2.17. The maximum atomic E-state index is 12.4. The first-order chi connectivity index (χ1) is 10.9. The van der Waals surface area contributed by atoms with E-state index in [1.807, 2.05) is 12.1 Å². The molecule has 0 amide bonds. The molecule has 0 fully saturated rings. The molecule has 0 saturated carbocycles. The van der Waals surface area contributed by atoms with Gasteiger partial charge in [0, 0.05) is 23.2 Å². The number of aromatic nitrogens is 4. The summed E-state index contributed by atoms with van der Waals surface area (Å²) in [6, 6.07) is 7.19. The Labute approximate surface area is 144 Å². The highest BCUT2D eigenvalue weighted by Crippen LogP contribution is 2.10. The normalized spacial score (nSPS) is 11.1. The van der Waals surface area contributed by atoms with Gasteiger partial charge in [-0.3, -0.25) is 18.7 Å². The van der Waals surface area contributed by atoms with Crippen molar-refractivity contribution in [2.75, 3.05) is 0 Å². The van der Waals surface area contributed by atoms with E-state index in [-0.39, 0.29) is 23.5 Å². The average molecular weight is 424 g/mol. The number of ketones is 1. The Morgan fingerprint density at radius 1 is 1.13 bits per heavy atom. The number of Topliss-reactive ketones (excluding diaryl/α,β-unsaturated/α-hetero) is 1. The molecule has 2 heterocycles. The summed E-state index contributed by atoms with van der Waals surface area (Å²) in [7, 11) is 2.95. The Balaban J connectivity index is 2.08. The van der Waals surface area contributed by atoms with E-state index in [1.54, 1.807) is 19.2 Å². The van der Waals surface area contributed by atoms with E-state index in [0.29, 0.717) is 5.56 Å². The van der Waals surface area contributed by atoms with Gasteiger partial charge in [0.25, 0.3) is 5.56 Å². The number of imidazole rings is 1. The zero-order valence-corrected chi connectivity index (χ0v) is 14.6. The molecule has 23 heavy (non-hydrogen) atoms. The number of hydrogen-bond donors (Lipinski definition) is 0. The van der Waals surface area contributed by atoms with Crippen LogP contribution >= 0.6 is 22.6 Å². The number of nitrogens with zero attached hydrogens (tertiary/aromatic N) is 4. The molecule has 1 aromatic carbocycles. The number of halogens is 1. The summed E-state index contributed by atoms with van der Waals surface area (Å²) in [6.45, 7) is -0.00939. The first kappa shape index (κ1) is 15.7. The number of aryl methyl sites for hydroxylation is 1. The number of benzene rings is 1. The minimum atomic E-state index is -0.462. The number of fused-ring (bicyclic) bond motifs is 1. The fourth-order valence-electron chi connectivity index (χ4n) is 2.40. The van der Waals surface area contributed by atoms with E-state index in [9.17, 15) is 14.4 Å². The fourth-order valence-corrected chi connectivity index (χ4v) is 2.76. The van der Waals surface area contributed by atoms with Gasteiger partial charge in [0.2, 0.25) is 0 Å². The molecule has 0 bridgehead atoms. The Hall–Kier alpha value is -2.23. The smallest absolute Gasteiger partial charge is 0.317 e. The SMILES string of the molecule is Cn1c(=O)c2c(ncn2CC(=O)c2ccc(I)cc2)n(C)c1=O. The van der Waals surface area contributed by atoms with Crippen LogP contribution in [0.25, 0.3) is 11.2 Å². The molecule has 0 aliphatic heterocycles. The lowest BCUT2D eigenvalue weighted by molar-refractivity contribution is 0.0973. The van der Waals surface area contributed by atoms with Gasteiger partial charge in [-0.05, 0) is 34.7 Å². The summed E-state index contributed by atoms with van der Waals surface area (Å²) in [5, 5.41) is 0. The quantitative estimate of drug-likeness (QED) is 0.463. The molecule has 3 aromatic rings. The Morgan fingerprint density at radius 2 is 1.78 bits per heavy atom. The van der Waals surface area contributed by atoms with Crippen LogP contribution in [0.4, 0.5) is 0 Å². The van der Waals surface area contributed by atoms with Crippen molar-refractivity contribution < 1.29 is 4.79 Å². The van der Waals surface area contributed by atoms with Gasteiger partial charge in [-0.25, -0.2) is 9.78 Å². The fraction of sp³-hybridized carbons (Fsp3) is 0.200. The van der Waals surface area contributed by atoms with Gasteiger partial charge in [0.15, 0.2) is 16.9 Å². The van der Waals surface area contributed by atoms with Crippen molar-refractivity contribution in [1.82, 2.24) is 18.7 Å². The summed E-state index contributed by atoms with van der Waals surface area (Å²) < 4.78 is 4.83. The van der Waals surface area contributed by atoms with E-state index in [1.165, 1.54) is 22.5 Å². The summed E-state index contributed by atoms with van der Waals surface area (Å²) in [5.74, 6) is -0.128. The van der Waals surface area contributed by atoms with Crippen molar-refractivity contribution in [3.05, 3.63) is 60.6 Å². The maximum absolute atomic E-state index is 12.4. The molecule has 0 aliphatic rings. The van der Waals surface area contributed by atoms with Crippen molar-refractivity contribution in [1.29, 1.82) is 0 Å². The minimum Gasteiger partial charge on any atom is -0.317 e. The third kappa shape index (κ3) is 2.62. The molecule has 0 radical (unpaired) electrons. The van der Waals surface area contributed by atoms with Crippen LogP contribution in [0.1, 0.15) is 10.4 Å². The van der Waals surface area contributed by atoms with Crippen LogP contribution in [-0.4, -0.2) is 24.5 Å². The zero-order chi connectivity index (χ0) is 16.7.